The first-order chi connectivity index (χ1) is 12.8. The average molecular weight is 392 g/mol. The van der Waals surface area contributed by atoms with E-state index in [9.17, 15) is 22.0 Å². The molecule has 0 bridgehead atoms. The Morgan fingerprint density at radius 2 is 1.93 bits per heavy atom. The Kier molecular flexibility index (Phi) is 5.00. The molecule has 1 aromatic carbocycles. The van der Waals surface area contributed by atoms with Gasteiger partial charge in [0.1, 0.15) is 16.5 Å². The van der Waals surface area contributed by atoms with Crippen molar-refractivity contribution in [2.75, 3.05) is 4.72 Å². The first-order valence-electron chi connectivity index (χ1n) is 7.81. The summed E-state index contributed by atoms with van der Waals surface area (Å²) in [5, 5.41) is 3.89. The summed E-state index contributed by atoms with van der Waals surface area (Å²) < 4.78 is 55.5. The topological polar surface area (TPSA) is 94.0 Å². The third-order valence-corrected chi connectivity index (χ3v) is 4.95. The van der Waals surface area contributed by atoms with Crippen LogP contribution in [0.3, 0.4) is 0 Å². The van der Waals surface area contributed by atoms with E-state index < -0.39 is 27.4 Å². The number of carbonyl (C=O) groups is 1. The molecule has 0 saturated carbocycles. The van der Waals surface area contributed by atoms with E-state index in [2.05, 4.69) is 14.8 Å². The van der Waals surface area contributed by atoms with Gasteiger partial charge in [-0.2, -0.15) is 5.10 Å². The van der Waals surface area contributed by atoms with Gasteiger partial charge in [0.2, 0.25) is 0 Å². The van der Waals surface area contributed by atoms with Crippen molar-refractivity contribution in [1.29, 1.82) is 0 Å². The number of nitrogens with one attached hydrogen (secondary N) is 1. The van der Waals surface area contributed by atoms with Gasteiger partial charge in [-0.25, -0.2) is 22.2 Å². The summed E-state index contributed by atoms with van der Waals surface area (Å²) in [7, 11) is -4.05. The summed E-state index contributed by atoms with van der Waals surface area (Å²) >= 11 is 0. The number of halogens is 2. The molecule has 3 aromatic rings. The van der Waals surface area contributed by atoms with E-state index >= 15 is 0 Å². The van der Waals surface area contributed by atoms with E-state index in [-0.39, 0.29) is 21.8 Å². The molecular formula is C17H14F2N4O3S. The Morgan fingerprint density at radius 1 is 1.22 bits per heavy atom. The van der Waals surface area contributed by atoms with Gasteiger partial charge in [0.25, 0.3) is 10.0 Å². The quantitative estimate of drug-likeness (QED) is 0.651. The maximum absolute atomic E-state index is 13.4. The van der Waals surface area contributed by atoms with Crippen LogP contribution >= 0.6 is 0 Å². The zero-order valence-electron chi connectivity index (χ0n) is 14.1. The predicted molar refractivity (Wildman–Crippen MR) is 92.7 cm³/mol. The Morgan fingerprint density at radius 3 is 2.56 bits per heavy atom. The standard InChI is InChI=1S/C17H14F2N4O3S/c1-2-23-10-14(9-21-23)27(25,26)22-17-15(4-3-5-20-17)16(24)11-6-12(18)8-13(19)7-11/h3-10H,2H2,1H3,(H,20,22). The lowest BCUT2D eigenvalue weighted by Crippen LogP contribution is -2.17. The molecule has 0 amide bonds. The van der Waals surface area contributed by atoms with Gasteiger partial charge in [0.05, 0.1) is 11.8 Å². The lowest BCUT2D eigenvalue weighted by Gasteiger charge is -2.10. The molecule has 0 atom stereocenters. The molecule has 3 rings (SSSR count). The van der Waals surface area contributed by atoms with Crippen molar-refractivity contribution in [2.45, 2.75) is 18.4 Å². The highest BCUT2D eigenvalue weighted by Gasteiger charge is 2.22. The number of rotatable bonds is 6. The monoisotopic (exact) mass is 392 g/mol. The van der Waals surface area contributed by atoms with Gasteiger partial charge in [-0.3, -0.25) is 14.2 Å². The summed E-state index contributed by atoms with van der Waals surface area (Å²) in [5.74, 6) is -2.87. The fourth-order valence-corrected chi connectivity index (χ4v) is 3.33. The van der Waals surface area contributed by atoms with Gasteiger partial charge in [-0.05, 0) is 31.2 Å². The molecule has 140 valence electrons. The second-order valence-electron chi connectivity index (χ2n) is 5.52. The van der Waals surface area contributed by atoms with E-state index in [4.69, 9.17) is 0 Å². The van der Waals surface area contributed by atoms with Crippen LogP contribution in [0.1, 0.15) is 22.8 Å². The van der Waals surface area contributed by atoms with E-state index in [1.165, 1.54) is 29.2 Å². The molecule has 2 aromatic heterocycles. The second-order valence-corrected chi connectivity index (χ2v) is 7.21. The smallest absolute Gasteiger partial charge is 0.266 e. The minimum Gasteiger partial charge on any atom is -0.288 e. The van der Waals surface area contributed by atoms with Crippen LogP contribution in [0.15, 0.2) is 53.8 Å². The molecule has 0 saturated heterocycles. The molecule has 2 heterocycles. The minimum absolute atomic E-state index is 0.106. The Hall–Kier alpha value is -3.14. The largest absolute Gasteiger partial charge is 0.288 e. The Labute approximate surface area is 153 Å². The molecule has 0 aliphatic heterocycles. The van der Waals surface area contributed by atoms with Crippen LogP contribution in [0, 0.1) is 11.6 Å². The van der Waals surface area contributed by atoms with E-state index in [1.807, 2.05) is 0 Å². The van der Waals surface area contributed by atoms with E-state index in [0.29, 0.717) is 12.6 Å². The molecule has 0 radical (unpaired) electrons. The highest BCUT2D eigenvalue weighted by atomic mass is 32.2. The van der Waals surface area contributed by atoms with Crippen LogP contribution in [0.4, 0.5) is 14.6 Å². The number of carbonyl (C=O) groups excluding carboxylic acids is 1. The molecule has 0 fully saturated rings. The highest BCUT2D eigenvalue weighted by molar-refractivity contribution is 7.92. The summed E-state index contributed by atoms with van der Waals surface area (Å²) in [6, 6.07) is 5.08. The lowest BCUT2D eigenvalue weighted by atomic mass is 10.0. The zero-order valence-corrected chi connectivity index (χ0v) is 14.9. The van der Waals surface area contributed by atoms with Crippen molar-refractivity contribution in [3.63, 3.8) is 0 Å². The molecule has 1 N–H and O–H groups in total. The minimum atomic E-state index is -4.05. The number of pyridine rings is 1. The number of aromatic nitrogens is 3. The fourth-order valence-electron chi connectivity index (χ4n) is 2.35. The first-order valence-corrected chi connectivity index (χ1v) is 9.29. The van der Waals surface area contributed by atoms with Crippen LogP contribution in [0.25, 0.3) is 0 Å². The number of ketones is 1. The number of hydrogen-bond acceptors (Lipinski definition) is 5. The number of nitrogens with zero attached hydrogens (tertiary/aromatic N) is 3. The van der Waals surface area contributed by atoms with Gasteiger partial charge >= 0.3 is 0 Å². The number of aryl methyl sites for hydroxylation is 1. The van der Waals surface area contributed by atoms with Gasteiger partial charge in [-0.1, -0.05) is 0 Å². The van der Waals surface area contributed by atoms with Crippen LogP contribution in [-0.2, 0) is 16.6 Å². The molecule has 0 aliphatic rings. The van der Waals surface area contributed by atoms with Crippen LogP contribution < -0.4 is 4.72 Å². The third-order valence-electron chi connectivity index (χ3n) is 3.65. The molecule has 0 spiro atoms. The third kappa shape index (κ3) is 4.00. The van der Waals surface area contributed by atoms with Crippen LogP contribution in [-0.4, -0.2) is 29.0 Å². The summed E-state index contributed by atoms with van der Waals surface area (Å²) in [4.78, 5) is 16.4. The average Bonchev–Trinajstić information content (AvgIpc) is 3.11. The van der Waals surface area contributed by atoms with Crippen LogP contribution in [0.2, 0.25) is 0 Å². The van der Waals surface area contributed by atoms with Crippen molar-refractivity contribution in [2.24, 2.45) is 0 Å². The van der Waals surface area contributed by atoms with Crippen molar-refractivity contribution in [3.05, 3.63) is 71.7 Å². The van der Waals surface area contributed by atoms with E-state index in [0.717, 1.165) is 18.3 Å². The molecular weight excluding hydrogens is 378 g/mol. The van der Waals surface area contributed by atoms with Crippen molar-refractivity contribution in [1.82, 2.24) is 14.8 Å². The highest BCUT2D eigenvalue weighted by Crippen LogP contribution is 2.21. The number of benzene rings is 1. The van der Waals surface area contributed by atoms with Crippen LogP contribution in [0.5, 0.6) is 0 Å². The zero-order chi connectivity index (χ0) is 19.6. The Bertz CT molecular complexity index is 1090. The fraction of sp³-hybridized carbons (Fsp3) is 0.118. The lowest BCUT2D eigenvalue weighted by molar-refractivity contribution is 0.103. The van der Waals surface area contributed by atoms with Gasteiger partial charge in [0, 0.05) is 30.6 Å². The van der Waals surface area contributed by atoms with Gasteiger partial charge in [-0.15, -0.1) is 0 Å². The normalized spacial score (nSPS) is 11.4. The molecule has 7 nitrogen and oxygen atoms in total. The van der Waals surface area contributed by atoms with Crippen molar-refractivity contribution >= 4 is 21.6 Å². The summed E-state index contributed by atoms with van der Waals surface area (Å²) in [6.07, 6.45) is 3.78. The van der Waals surface area contributed by atoms with Crippen molar-refractivity contribution < 1.29 is 22.0 Å². The number of anilines is 1. The summed E-state index contributed by atoms with van der Waals surface area (Å²) in [5.41, 5.74) is -0.409. The number of hydrogen-bond donors (Lipinski definition) is 1. The number of sulfonamides is 1. The maximum Gasteiger partial charge on any atom is 0.266 e. The maximum atomic E-state index is 13.4. The SMILES string of the molecule is CCn1cc(S(=O)(=O)Nc2ncccc2C(=O)c2cc(F)cc(F)c2)cn1. The summed E-state index contributed by atoms with van der Waals surface area (Å²) in [6.45, 7) is 2.28. The van der Waals surface area contributed by atoms with Crippen molar-refractivity contribution in [3.8, 4) is 0 Å². The van der Waals surface area contributed by atoms with Gasteiger partial charge in [0.15, 0.2) is 11.6 Å². The first kappa shape index (κ1) is 18.6. The predicted octanol–water partition coefficient (Wildman–Crippen LogP) is 2.61. The molecule has 0 aliphatic carbocycles. The molecule has 0 unspecified atom stereocenters. The molecule has 10 heteroatoms. The van der Waals surface area contributed by atoms with E-state index in [1.54, 1.807) is 6.92 Å². The Balaban J connectivity index is 1.97. The second kappa shape index (κ2) is 7.23. The molecule has 27 heavy (non-hydrogen) atoms. The van der Waals surface area contributed by atoms with Gasteiger partial charge < -0.3 is 0 Å².